The second-order valence-corrected chi connectivity index (χ2v) is 3.68. The minimum Gasteiger partial charge on any atom is -0.469 e. The summed E-state index contributed by atoms with van der Waals surface area (Å²) in [6.45, 7) is 4.03. The molecule has 0 amide bonds. The fraction of sp³-hybridized carbons (Fsp3) is 0.600. The van der Waals surface area contributed by atoms with E-state index in [0.717, 1.165) is 5.69 Å². The van der Waals surface area contributed by atoms with E-state index in [0.29, 0.717) is 0 Å². The molecule has 1 rings (SSSR count). The molecule has 0 aliphatic heterocycles. The number of nitrogens with zero attached hydrogens (tertiary/aromatic N) is 2. The Kier molecular flexibility index (Phi) is 3.85. The number of aromatic nitrogens is 2. The summed E-state index contributed by atoms with van der Waals surface area (Å²) < 4.78 is 6.38. The van der Waals surface area contributed by atoms with Crippen LogP contribution in [0.15, 0.2) is 12.3 Å². The standard InChI is InChI=1S/C10H17N3O2/c1-7(2)13-9(4-5-12-13)8(11)6-10(14)15-3/h4-5,7-8H,6,11H2,1-3H3/t8-/m0/s1. The van der Waals surface area contributed by atoms with Crippen molar-refractivity contribution in [3.8, 4) is 0 Å². The van der Waals surface area contributed by atoms with Crippen molar-refractivity contribution >= 4 is 5.97 Å². The van der Waals surface area contributed by atoms with E-state index in [1.165, 1.54) is 7.11 Å². The summed E-state index contributed by atoms with van der Waals surface area (Å²) in [5.41, 5.74) is 6.75. The van der Waals surface area contributed by atoms with Gasteiger partial charge in [-0.15, -0.1) is 0 Å². The summed E-state index contributed by atoms with van der Waals surface area (Å²) >= 11 is 0. The first-order valence-electron chi connectivity index (χ1n) is 4.92. The Morgan fingerprint density at radius 1 is 1.67 bits per heavy atom. The third-order valence-corrected chi connectivity index (χ3v) is 2.18. The molecule has 1 aromatic rings. The summed E-state index contributed by atoms with van der Waals surface area (Å²) in [5, 5.41) is 4.15. The van der Waals surface area contributed by atoms with Crippen molar-refractivity contribution in [2.24, 2.45) is 5.73 Å². The molecule has 84 valence electrons. The Morgan fingerprint density at radius 3 is 2.87 bits per heavy atom. The smallest absolute Gasteiger partial charge is 0.307 e. The van der Waals surface area contributed by atoms with Crippen LogP contribution in [0, 0.1) is 0 Å². The van der Waals surface area contributed by atoms with Gasteiger partial charge in [0.2, 0.25) is 0 Å². The van der Waals surface area contributed by atoms with Crippen molar-refractivity contribution in [1.82, 2.24) is 9.78 Å². The predicted octanol–water partition coefficient (Wildman–Crippen LogP) is 1.03. The fourth-order valence-corrected chi connectivity index (χ4v) is 1.42. The summed E-state index contributed by atoms with van der Waals surface area (Å²) in [5.74, 6) is -0.306. The van der Waals surface area contributed by atoms with Gasteiger partial charge in [0.25, 0.3) is 0 Å². The highest BCUT2D eigenvalue weighted by molar-refractivity contribution is 5.70. The SMILES string of the molecule is COC(=O)C[C@H](N)c1ccnn1C(C)C. The Morgan fingerprint density at radius 2 is 2.33 bits per heavy atom. The number of ether oxygens (including phenoxy) is 1. The van der Waals surface area contributed by atoms with Gasteiger partial charge in [0.05, 0.1) is 25.3 Å². The van der Waals surface area contributed by atoms with Gasteiger partial charge in [0.1, 0.15) is 0 Å². The van der Waals surface area contributed by atoms with Crippen LogP contribution in [0.2, 0.25) is 0 Å². The van der Waals surface area contributed by atoms with Gasteiger partial charge in [0, 0.05) is 12.2 Å². The molecule has 0 saturated carbocycles. The topological polar surface area (TPSA) is 70.1 Å². The first-order chi connectivity index (χ1) is 7.06. The largest absolute Gasteiger partial charge is 0.469 e. The van der Waals surface area contributed by atoms with E-state index in [9.17, 15) is 4.79 Å². The number of rotatable bonds is 4. The van der Waals surface area contributed by atoms with Crippen molar-refractivity contribution in [2.45, 2.75) is 32.4 Å². The molecule has 15 heavy (non-hydrogen) atoms. The van der Waals surface area contributed by atoms with Crippen molar-refractivity contribution in [1.29, 1.82) is 0 Å². The van der Waals surface area contributed by atoms with E-state index >= 15 is 0 Å². The fourth-order valence-electron chi connectivity index (χ4n) is 1.42. The van der Waals surface area contributed by atoms with Crippen LogP contribution < -0.4 is 5.73 Å². The molecule has 0 unspecified atom stereocenters. The number of carbonyl (C=O) groups is 1. The van der Waals surface area contributed by atoms with Gasteiger partial charge in [0.15, 0.2) is 0 Å². The minimum absolute atomic E-state index is 0.176. The monoisotopic (exact) mass is 211 g/mol. The maximum atomic E-state index is 11.1. The zero-order valence-corrected chi connectivity index (χ0v) is 9.30. The Balaban J connectivity index is 2.77. The van der Waals surface area contributed by atoms with Gasteiger partial charge >= 0.3 is 5.97 Å². The van der Waals surface area contributed by atoms with Gasteiger partial charge in [-0.1, -0.05) is 0 Å². The van der Waals surface area contributed by atoms with Crippen LogP contribution >= 0.6 is 0 Å². The molecule has 5 heteroatoms. The van der Waals surface area contributed by atoms with Crippen molar-refractivity contribution in [2.75, 3.05) is 7.11 Å². The summed E-state index contributed by atoms with van der Waals surface area (Å²) in [4.78, 5) is 11.1. The predicted molar refractivity (Wildman–Crippen MR) is 56.2 cm³/mol. The molecule has 0 fully saturated rings. The Hall–Kier alpha value is -1.36. The van der Waals surface area contributed by atoms with Crippen molar-refractivity contribution < 1.29 is 9.53 Å². The van der Waals surface area contributed by atoms with E-state index in [4.69, 9.17) is 5.73 Å². The lowest BCUT2D eigenvalue weighted by Gasteiger charge is -2.15. The highest BCUT2D eigenvalue weighted by atomic mass is 16.5. The van der Waals surface area contributed by atoms with Crippen LogP contribution in [0.1, 0.15) is 38.0 Å². The second-order valence-electron chi connectivity index (χ2n) is 3.68. The van der Waals surface area contributed by atoms with Gasteiger partial charge < -0.3 is 10.5 Å². The molecule has 0 spiro atoms. The highest BCUT2D eigenvalue weighted by Crippen LogP contribution is 2.17. The number of carbonyl (C=O) groups excluding carboxylic acids is 1. The normalized spacial score (nSPS) is 12.9. The third kappa shape index (κ3) is 2.79. The molecular formula is C10H17N3O2. The summed E-state index contributed by atoms with van der Waals surface area (Å²) in [7, 11) is 1.36. The van der Waals surface area contributed by atoms with Crippen LogP contribution in [0.5, 0.6) is 0 Å². The zero-order chi connectivity index (χ0) is 11.4. The lowest BCUT2D eigenvalue weighted by Crippen LogP contribution is -2.21. The average molecular weight is 211 g/mol. The van der Waals surface area contributed by atoms with Crippen LogP contribution in [0.4, 0.5) is 0 Å². The van der Waals surface area contributed by atoms with Gasteiger partial charge in [-0.3, -0.25) is 9.48 Å². The lowest BCUT2D eigenvalue weighted by molar-refractivity contribution is -0.141. The van der Waals surface area contributed by atoms with Crippen molar-refractivity contribution in [3.05, 3.63) is 18.0 Å². The Labute approximate surface area is 89.2 Å². The molecular weight excluding hydrogens is 194 g/mol. The molecule has 1 atom stereocenters. The number of nitrogens with two attached hydrogens (primary N) is 1. The molecule has 1 aromatic heterocycles. The van der Waals surface area contributed by atoms with Gasteiger partial charge in [-0.2, -0.15) is 5.10 Å². The van der Waals surface area contributed by atoms with Crippen LogP contribution in [0.25, 0.3) is 0 Å². The summed E-state index contributed by atoms with van der Waals surface area (Å²) in [6.07, 6.45) is 1.86. The maximum Gasteiger partial charge on any atom is 0.307 e. The first kappa shape index (κ1) is 11.7. The number of hydrogen-bond donors (Lipinski definition) is 1. The highest BCUT2D eigenvalue weighted by Gasteiger charge is 2.17. The molecule has 0 aromatic carbocycles. The number of hydrogen-bond acceptors (Lipinski definition) is 4. The first-order valence-corrected chi connectivity index (χ1v) is 4.92. The van der Waals surface area contributed by atoms with Crippen molar-refractivity contribution in [3.63, 3.8) is 0 Å². The zero-order valence-electron chi connectivity index (χ0n) is 9.30. The van der Waals surface area contributed by atoms with E-state index in [2.05, 4.69) is 9.84 Å². The van der Waals surface area contributed by atoms with Crippen LogP contribution in [0.3, 0.4) is 0 Å². The van der Waals surface area contributed by atoms with Gasteiger partial charge in [-0.05, 0) is 19.9 Å². The van der Waals surface area contributed by atoms with Crippen LogP contribution in [-0.4, -0.2) is 22.9 Å². The average Bonchev–Trinajstić information content (AvgIpc) is 2.65. The maximum absolute atomic E-state index is 11.1. The van der Waals surface area contributed by atoms with E-state index in [-0.39, 0.29) is 24.5 Å². The Bertz CT molecular complexity index is 333. The molecule has 0 saturated heterocycles. The van der Waals surface area contributed by atoms with E-state index in [1.807, 2.05) is 24.6 Å². The third-order valence-electron chi connectivity index (χ3n) is 2.18. The quantitative estimate of drug-likeness (QED) is 0.755. The molecule has 0 bridgehead atoms. The molecule has 1 heterocycles. The van der Waals surface area contributed by atoms with E-state index < -0.39 is 0 Å². The number of methoxy groups -OCH3 is 1. The van der Waals surface area contributed by atoms with Gasteiger partial charge in [-0.25, -0.2) is 0 Å². The minimum atomic E-state index is -0.359. The molecule has 2 N–H and O–H groups in total. The molecule has 5 nitrogen and oxygen atoms in total. The number of esters is 1. The second kappa shape index (κ2) is 4.93. The lowest BCUT2D eigenvalue weighted by atomic mass is 10.1. The van der Waals surface area contributed by atoms with Crippen LogP contribution in [-0.2, 0) is 9.53 Å². The molecule has 0 aliphatic carbocycles. The molecule has 0 radical (unpaired) electrons. The molecule has 0 aliphatic rings. The van der Waals surface area contributed by atoms with E-state index in [1.54, 1.807) is 6.20 Å². The summed E-state index contributed by atoms with van der Waals surface area (Å²) in [6, 6.07) is 1.70.